The zero-order valence-corrected chi connectivity index (χ0v) is 13.0. The van der Waals surface area contributed by atoms with E-state index in [1.165, 1.54) is 12.1 Å². The quantitative estimate of drug-likeness (QED) is 0.808. The second-order valence-corrected chi connectivity index (χ2v) is 5.60. The van der Waals surface area contributed by atoms with E-state index in [9.17, 15) is 15.3 Å². The predicted molar refractivity (Wildman–Crippen MR) is 85.2 cm³/mol. The number of phenols is 2. The third kappa shape index (κ3) is 2.92. The molecule has 0 bridgehead atoms. The van der Waals surface area contributed by atoms with E-state index in [2.05, 4.69) is 0 Å². The number of fused-ring (bicyclic) bond motifs is 1. The van der Waals surface area contributed by atoms with Gasteiger partial charge in [0.1, 0.15) is 29.1 Å². The van der Waals surface area contributed by atoms with Gasteiger partial charge in [0.2, 0.25) is 0 Å². The summed E-state index contributed by atoms with van der Waals surface area (Å²) in [7, 11) is 1.59. The van der Waals surface area contributed by atoms with E-state index in [4.69, 9.17) is 9.47 Å². The van der Waals surface area contributed by atoms with Gasteiger partial charge in [0.05, 0.1) is 7.11 Å². The molecule has 23 heavy (non-hydrogen) atoms. The molecule has 122 valence electrons. The Kier molecular flexibility index (Phi) is 4.30. The Morgan fingerprint density at radius 3 is 2.74 bits per heavy atom. The maximum absolute atomic E-state index is 10.1. The lowest BCUT2D eigenvalue weighted by molar-refractivity contribution is 0.168. The Labute approximate surface area is 134 Å². The third-order valence-electron chi connectivity index (χ3n) is 4.18. The Morgan fingerprint density at radius 2 is 2.04 bits per heavy atom. The highest BCUT2D eigenvalue weighted by atomic mass is 16.5. The first kappa shape index (κ1) is 15.5. The van der Waals surface area contributed by atoms with Crippen LogP contribution in [-0.2, 0) is 12.8 Å². The van der Waals surface area contributed by atoms with Gasteiger partial charge in [-0.25, -0.2) is 0 Å². The van der Waals surface area contributed by atoms with Gasteiger partial charge in [-0.05, 0) is 36.6 Å². The molecule has 0 saturated heterocycles. The van der Waals surface area contributed by atoms with Crippen LogP contribution >= 0.6 is 0 Å². The van der Waals surface area contributed by atoms with Crippen LogP contribution in [0.15, 0.2) is 30.3 Å². The average molecular weight is 316 g/mol. The molecule has 2 aromatic rings. The molecule has 0 aliphatic carbocycles. The van der Waals surface area contributed by atoms with E-state index in [0.29, 0.717) is 17.7 Å². The van der Waals surface area contributed by atoms with E-state index in [0.717, 1.165) is 29.7 Å². The minimum absolute atomic E-state index is 0.00526. The van der Waals surface area contributed by atoms with Gasteiger partial charge in [-0.3, -0.25) is 0 Å². The molecule has 0 saturated carbocycles. The van der Waals surface area contributed by atoms with Crippen molar-refractivity contribution in [1.29, 1.82) is 0 Å². The fourth-order valence-electron chi connectivity index (χ4n) is 3.05. The highest BCUT2D eigenvalue weighted by Gasteiger charge is 2.27. The van der Waals surface area contributed by atoms with E-state index in [1.807, 2.05) is 12.1 Å². The number of ether oxygens (including phenoxy) is 2. The first-order valence-electron chi connectivity index (χ1n) is 7.62. The van der Waals surface area contributed by atoms with Crippen LogP contribution in [0.5, 0.6) is 23.0 Å². The van der Waals surface area contributed by atoms with Crippen molar-refractivity contribution < 1.29 is 24.8 Å². The molecule has 1 unspecified atom stereocenters. The summed E-state index contributed by atoms with van der Waals surface area (Å²) in [5.41, 5.74) is 2.56. The molecule has 0 aromatic heterocycles. The molecule has 1 aliphatic heterocycles. The molecule has 2 aromatic carbocycles. The summed E-state index contributed by atoms with van der Waals surface area (Å²) in [6, 6.07) is 8.39. The molecule has 5 nitrogen and oxygen atoms in total. The van der Waals surface area contributed by atoms with Crippen LogP contribution in [0.1, 0.15) is 29.2 Å². The molecule has 5 heteroatoms. The smallest absolute Gasteiger partial charge is 0.130 e. The summed E-state index contributed by atoms with van der Waals surface area (Å²) in [6.45, 7) is 0.00526. The second kappa shape index (κ2) is 6.38. The molecule has 3 rings (SSSR count). The average Bonchev–Trinajstić information content (AvgIpc) is 2.55. The number of aliphatic hydroxyl groups is 1. The number of benzene rings is 2. The summed E-state index contributed by atoms with van der Waals surface area (Å²) in [6.07, 6.45) is 1.69. The van der Waals surface area contributed by atoms with Crippen LogP contribution < -0.4 is 9.47 Å². The van der Waals surface area contributed by atoms with Gasteiger partial charge in [0.15, 0.2) is 0 Å². The van der Waals surface area contributed by atoms with Crippen LogP contribution in [0.2, 0.25) is 0 Å². The van der Waals surface area contributed by atoms with Crippen molar-refractivity contribution in [2.45, 2.75) is 25.4 Å². The number of phenolic OH excluding ortho intramolecular Hbond substituents is 2. The maximum Gasteiger partial charge on any atom is 0.130 e. The SMILES string of the molecule is COc1ccc2c(c1CCO)OC(c1ccc(O)cc1O)CC2. The molecule has 1 heterocycles. The van der Waals surface area contributed by atoms with Crippen molar-refractivity contribution in [2.75, 3.05) is 13.7 Å². The summed E-state index contributed by atoms with van der Waals surface area (Å²) in [4.78, 5) is 0. The van der Waals surface area contributed by atoms with Gasteiger partial charge in [-0.15, -0.1) is 0 Å². The molecule has 0 spiro atoms. The lowest BCUT2D eigenvalue weighted by Crippen LogP contribution is -2.17. The molecule has 0 amide bonds. The largest absolute Gasteiger partial charge is 0.508 e. The topological polar surface area (TPSA) is 79.2 Å². The van der Waals surface area contributed by atoms with Gasteiger partial charge < -0.3 is 24.8 Å². The van der Waals surface area contributed by atoms with Gasteiger partial charge >= 0.3 is 0 Å². The summed E-state index contributed by atoms with van der Waals surface area (Å²) in [5.74, 6) is 1.45. The van der Waals surface area contributed by atoms with E-state index in [-0.39, 0.29) is 24.2 Å². The molecule has 1 aliphatic rings. The van der Waals surface area contributed by atoms with Crippen LogP contribution in [0.4, 0.5) is 0 Å². The highest BCUT2D eigenvalue weighted by molar-refractivity contribution is 5.52. The number of aryl methyl sites for hydroxylation is 1. The zero-order chi connectivity index (χ0) is 16.4. The van der Waals surface area contributed by atoms with Crippen LogP contribution in [0.3, 0.4) is 0 Å². The van der Waals surface area contributed by atoms with E-state index in [1.54, 1.807) is 13.2 Å². The number of hydrogen-bond acceptors (Lipinski definition) is 5. The summed E-state index contributed by atoms with van der Waals surface area (Å²) < 4.78 is 11.5. The highest BCUT2D eigenvalue weighted by Crippen LogP contribution is 2.43. The number of aliphatic hydroxyl groups excluding tert-OH is 1. The van der Waals surface area contributed by atoms with E-state index >= 15 is 0 Å². The Morgan fingerprint density at radius 1 is 1.22 bits per heavy atom. The fraction of sp³-hybridized carbons (Fsp3) is 0.333. The van der Waals surface area contributed by atoms with Crippen LogP contribution in [-0.4, -0.2) is 29.0 Å². The number of hydrogen-bond donors (Lipinski definition) is 3. The van der Waals surface area contributed by atoms with Crippen molar-refractivity contribution in [3.05, 3.63) is 47.0 Å². The summed E-state index contributed by atoms with van der Waals surface area (Å²) >= 11 is 0. The van der Waals surface area contributed by atoms with Crippen molar-refractivity contribution in [3.8, 4) is 23.0 Å². The lowest BCUT2D eigenvalue weighted by atomic mass is 9.94. The number of aromatic hydroxyl groups is 2. The second-order valence-electron chi connectivity index (χ2n) is 5.60. The number of rotatable bonds is 4. The Hall–Kier alpha value is -2.40. The molecule has 0 fully saturated rings. The monoisotopic (exact) mass is 316 g/mol. The zero-order valence-electron chi connectivity index (χ0n) is 13.0. The standard InChI is InChI=1S/C18H20O5/c1-22-16-6-2-11-3-7-17(23-18(11)14(16)8-9-19)13-5-4-12(20)10-15(13)21/h2,4-6,10,17,19-21H,3,7-9H2,1H3. The van der Waals surface area contributed by atoms with Gasteiger partial charge in [0, 0.05) is 30.2 Å². The first-order chi connectivity index (χ1) is 11.1. The summed E-state index contributed by atoms with van der Waals surface area (Å²) in [5, 5.41) is 28.8. The van der Waals surface area contributed by atoms with Gasteiger partial charge in [0.25, 0.3) is 0 Å². The van der Waals surface area contributed by atoms with Crippen molar-refractivity contribution in [1.82, 2.24) is 0 Å². The van der Waals surface area contributed by atoms with Crippen molar-refractivity contribution in [3.63, 3.8) is 0 Å². The Balaban J connectivity index is 1.98. The first-order valence-corrected chi connectivity index (χ1v) is 7.62. The minimum Gasteiger partial charge on any atom is -0.508 e. The molecule has 1 atom stereocenters. The van der Waals surface area contributed by atoms with Crippen molar-refractivity contribution in [2.24, 2.45) is 0 Å². The minimum atomic E-state index is -0.298. The molecule has 0 radical (unpaired) electrons. The lowest BCUT2D eigenvalue weighted by Gasteiger charge is -2.29. The fourth-order valence-corrected chi connectivity index (χ4v) is 3.05. The van der Waals surface area contributed by atoms with Gasteiger partial charge in [-0.1, -0.05) is 6.07 Å². The van der Waals surface area contributed by atoms with Crippen LogP contribution in [0.25, 0.3) is 0 Å². The maximum atomic E-state index is 10.1. The predicted octanol–water partition coefficient (Wildman–Crippen LogP) is 2.71. The normalized spacial score (nSPS) is 16.5. The third-order valence-corrected chi connectivity index (χ3v) is 4.18. The molecular weight excluding hydrogens is 296 g/mol. The molecular formula is C18H20O5. The van der Waals surface area contributed by atoms with Gasteiger partial charge in [-0.2, -0.15) is 0 Å². The Bertz CT molecular complexity index is 711. The number of methoxy groups -OCH3 is 1. The van der Waals surface area contributed by atoms with Crippen LogP contribution in [0, 0.1) is 0 Å². The van der Waals surface area contributed by atoms with E-state index < -0.39 is 0 Å². The molecule has 3 N–H and O–H groups in total. The van der Waals surface area contributed by atoms with Crippen molar-refractivity contribution >= 4 is 0 Å².